The molecule has 0 aliphatic carbocycles. The number of benzene rings is 2. The Morgan fingerprint density at radius 3 is 2.34 bits per heavy atom. The topological polar surface area (TPSA) is 135 Å². The van der Waals surface area contributed by atoms with Gasteiger partial charge in [0.1, 0.15) is 11.5 Å². The number of carbonyl (C=O) groups is 1. The first-order chi connectivity index (χ1) is 16.9. The van der Waals surface area contributed by atoms with Gasteiger partial charge in [-0.2, -0.15) is 5.26 Å². The summed E-state index contributed by atoms with van der Waals surface area (Å²) in [5.41, 5.74) is 2.88. The van der Waals surface area contributed by atoms with Gasteiger partial charge in [0.15, 0.2) is 14.6 Å². The normalized spacial score (nSPS) is 15.6. The number of hydroxylamine groups is 1. The molecule has 10 heteroatoms. The molecule has 1 aliphatic rings. The van der Waals surface area contributed by atoms with Crippen LogP contribution >= 0.6 is 0 Å². The zero-order chi connectivity index (χ0) is 25.3. The van der Waals surface area contributed by atoms with E-state index in [2.05, 4.69) is 6.07 Å². The Balaban J connectivity index is 1.59. The van der Waals surface area contributed by atoms with Crippen LogP contribution in [-0.2, 0) is 19.4 Å². The molecule has 0 radical (unpaired) electrons. The van der Waals surface area contributed by atoms with E-state index in [-0.39, 0.29) is 31.0 Å². The molecule has 1 aliphatic heterocycles. The molecule has 0 spiro atoms. The lowest BCUT2D eigenvalue weighted by molar-refractivity contribution is -0.134. The van der Waals surface area contributed by atoms with Crippen LogP contribution in [0.5, 0.6) is 11.5 Å². The fourth-order valence-corrected chi connectivity index (χ4v) is 5.82. The molecule has 9 nitrogen and oxygen atoms in total. The van der Waals surface area contributed by atoms with Gasteiger partial charge in [-0.1, -0.05) is 6.08 Å². The zero-order valence-electron chi connectivity index (χ0n) is 19.4. The van der Waals surface area contributed by atoms with Crippen LogP contribution in [0.15, 0.2) is 59.5 Å². The highest BCUT2D eigenvalue weighted by molar-refractivity contribution is 7.93. The minimum atomic E-state index is -4.08. The van der Waals surface area contributed by atoms with E-state index in [4.69, 9.17) is 19.4 Å². The van der Waals surface area contributed by atoms with Crippen LogP contribution < -0.4 is 15.0 Å². The average Bonchev–Trinajstić information content (AvgIpc) is 2.91. The second kappa shape index (κ2) is 11.8. The minimum Gasteiger partial charge on any atom is -0.497 e. The molecule has 35 heavy (non-hydrogen) atoms. The van der Waals surface area contributed by atoms with Gasteiger partial charge in [0.2, 0.25) is 0 Å². The van der Waals surface area contributed by atoms with Crippen molar-refractivity contribution in [3.63, 3.8) is 0 Å². The van der Waals surface area contributed by atoms with Crippen LogP contribution in [0.1, 0.15) is 31.2 Å². The second-order valence-corrected chi connectivity index (χ2v) is 10.2. The predicted octanol–water partition coefficient (Wildman–Crippen LogP) is 3.29. The van der Waals surface area contributed by atoms with Gasteiger partial charge in [-0.05, 0) is 79.8 Å². The van der Waals surface area contributed by atoms with E-state index in [1.54, 1.807) is 19.2 Å². The Kier molecular flexibility index (Phi) is 8.87. The number of nitriles is 1. The maximum atomic E-state index is 13.3. The molecule has 2 aromatic rings. The van der Waals surface area contributed by atoms with E-state index in [1.807, 2.05) is 18.2 Å². The fourth-order valence-electron chi connectivity index (χ4n) is 3.88. The van der Waals surface area contributed by atoms with Crippen molar-refractivity contribution in [2.75, 3.05) is 26.9 Å². The number of allylic oxidation sites excluding steroid dienone is 2. The van der Waals surface area contributed by atoms with E-state index >= 15 is 0 Å². The average molecular weight is 501 g/mol. The number of sulfone groups is 1. The molecule has 3 rings (SSSR count). The summed E-state index contributed by atoms with van der Waals surface area (Å²) < 4.78 is 40.8. The molecular weight excluding hydrogens is 472 g/mol. The lowest BCUT2D eigenvalue weighted by Crippen LogP contribution is -2.54. The van der Waals surface area contributed by atoms with Crippen molar-refractivity contribution >= 4 is 21.3 Å². The van der Waals surface area contributed by atoms with Gasteiger partial charge in [0.05, 0.1) is 30.3 Å². The van der Waals surface area contributed by atoms with Crippen LogP contribution in [0, 0.1) is 11.3 Å². The van der Waals surface area contributed by atoms with Gasteiger partial charge in [-0.3, -0.25) is 10.0 Å². The first-order valence-electron chi connectivity index (χ1n) is 11.1. The summed E-state index contributed by atoms with van der Waals surface area (Å²) in [7, 11) is -2.49. The van der Waals surface area contributed by atoms with E-state index < -0.39 is 20.5 Å². The van der Waals surface area contributed by atoms with Gasteiger partial charge >= 0.3 is 0 Å². The Hall–Kier alpha value is -3.39. The number of ether oxygens (including phenoxy) is 3. The molecule has 2 aromatic carbocycles. The van der Waals surface area contributed by atoms with Gasteiger partial charge < -0.3 is 14.2 Å². The van der Waals surface area contributed by atoms with Crippen molar-refractivity contribution in [1.82, 2.24) is 5.48 Å². The van der Waals surface area contributed by atoms with Gasteiger partial charge in [0.25, 0.3) is 5.91 Å². The van der Waals surface area contributed by atoms with Crippen molar-refractivity contribution in [3.8, 4) is 17.6 Å². The summed E-state index contributed by atoms with van der Waals surface area (Å²) in [6, 6.07) is 15.3. The number of hydrogen-bond acceptors (Lipinski definition) is 8. The van der Waals surface area contributed by atoms with E-state index in [0.717, 1.165) is 11.3 Å². The molecule has 0 unspecified atom stereocenters. The van der Waals surface area contributed by atoms with Crippen LogP contribution in [0.4, 0.5) is 0 Å². The van der Waals surface area contributed by atoms with Crippen molar-refractivity contribution in [1.29, 1.82) is 5.26 Å². The van der Waals surface area contributed by atoms with Crippen molar-refractivity contribution in [2.45, 2.75) is 35.3 Å². The largest absolute Gasteiger partial charge is 0.497 e. The molecule has 186 valence electrons. The fraction of sp³-hybridized carbons (Fsp3) is 0.360. The van der Waals surface area contributed by atoms with E-state index in [0.29, 0.717) is 30.8 Å². The number of rotatable bonds is 10. The summed E-state index contributed by atoms with van der Waals surface area (Å²) in [5.74, 6) is 0.245. The summed E-state index contributed by atoms with van der Waals surface area (Å²) >= 11 is 0. The molecule has 1 fully saturated rings. The Morgan fingerprint density at radius 1 is 1.14 bits per heavy atom. The maximum absolute atomic E-state index is 13.3. The summed E-state index contributed by atoms with van der Waals surface area (Å²) in [6.45, 7) is 0.584. The molecule has 0 atom stereocenters. The van der Waals surface area contributed by atoms with Crippen LogP contribution in [-0.4, -0.2) is 51.2 Å². The molecule has 1 amide bonds. The Bertz CT molecular complexity index is 1180. The molecule has 1 heterocycles. The number of hydrogen-bond donors (Lipinski definition) is 2. The summed E-state index contributed by atoms with van der Waals surface area (Å²) in [6.07, 6.45) is 3.03. The Morgan fingerprint density at radius 2 is 1.77 bits per heavy atom. The molecule has 0 bridgehead atoms. The monoisotopic (exact) mass is 500 g/mol. The SMILES string of the molecule is COc1ccc(C(C#N)=CCCCOc2ccc(S(=O)(=O)C3(C(=O)NO)CCOCC3)cc2)cc1. The molecular formula is C25H28N2O7S. The zero-order valence-corrected chi connectivity index (χ0v) is 20.2. The third-order valence-electron chi connectivity index (χ3n) is 5.95. The highest BCUT2D eigenvalue weighted by atomic mass is 32.2. The first kappa shape index (κ1) is 26.2. The number of amides is 1. The van der Waals surface area contributed by atoms with Crippen LogP contribution in [0.2, 0.25) is 0 Å². The van der Waals surface area contributed by atoms with Gasteiger partial charge in [-0.25, -0.2) is 13.9 Å². The number of nitrogens with one attached hydrogen (secondary N) is 1. The third kappa shape index (κ3) is 5.82. The number of unbranched alkanes of at least 4 members (excludes halogenated alkanes) is 1. The van der Waals surface area contributed by atoms with Gasteiger partial charge in [-0.15, -0.1) is 0 Å². The number of methoxy groups -OCH3 is 1. The highest BCUT2D eigenvalue weighted by Gasteiger charge is 2.52. The van der Waals surface area contributed by atoms with Gasteiger partial charge in [0, 0.05) is 13.2 Å². The smallest absolute Gasteiger partial charge is 0.265 e. The summed E-state index contributed by atoms with van der Waals surface area (Å²) in [4.78, 5) is 12.3. The van der Waals surface area contributed by atoms with Crippen LogP contribution in [0.25, 0.3) is 5.57 Å². The van der Waals surface area contributed by atoms with Crippen molar-refractivity contribution in [3.05, 3.63) is 60.2 Å². The number of carbonyl (C=O) groups excluding carboxylic acids is 1. The number of nitrogens with zero attached hydrogens (tertiary/aromatic N) is 1. The Labute approximate surface area is 204 Å². The molecule has 2 N–H and O–H groups in total. The minimum absolute atomic E-state index is 0.0311. The lowest BCUT2D eigenvalue weighted by atomic mass is 9.98. The van der Waals surface area contributed by atoms with E-state index in [9.17, 15) is 18.5 Å². The van der Waals surface area contributed by atoms with Crippen LogP contribution in [0.3, 0.4) is 0 Å². The molecule has 0 saturated carbocycles. The predicted molar refractivity (Wildman–Crippen MR) is 128 cm³/mol. The summed E-state index contributed by atoms with van der Waals surface area (Å²) in [5, 5.41) is 18.6. The van der Waals surface area contributed by atoms with Crippen molar-refractivity contribution in [2.24, 2.45) is 0 Å². The first-order valence-corrected chi connectivity index (χ1v) is 12.6. The molecule has 0 aromatic heterocycles. The highest BCUT2D eigenvalue weighted by Crippen LogP contribution is 2.35. The quantitative estimate of drug-likeness (QED) is 0.220. The van der Waals surface area contributed by atoms with Crippen molar-refractivity contribution < 1.29 is 32.6 Å². The lowest BCUT2D eigenvalue weighted by Gasteiger charge is -2.34. The maximum Gasteiger partial charge on any atom is 0.265 e. The molecule has 1 saturated heterocycles. The second-order valence-electron chi connectivity index (χ2n) is 7.97. The third-order valence-corrected chi connectivity index (χ3v) is 8.47. The van der Waals surface area contributed by atoms with E-state index in [1.165, 1.54) is 29.7 Å². The standard InChI is InChI=1S/C25H28N2O7S/c1-32-21-7-5-19(6-8-21)20(18-26)4-2-3-15-34-22-9-11-23(12-10-22)35(30,31)25(24(28)27-29)13-16-33-17-14-25/h4-12,29H,2-3,13-17H2,1H3,(H,27,28).